The molecule has 110 valence electrons. The number of urea groups is 1. The number of hydrogen-bond acceptors (Lipinski definition) is 4. The van der Waals surface area contributed by atoms with Crippen molar-refractivity contribution in [3.63, 3.8) is 0 Å². The highest BCUT2D eigenvalue weighted by molar-refractivity contribution is 5.90. The summed E-state index contributed by atoms with van der Waals surface area (Å²) in [4.78, 5) is 22.4. The van der Waals surface area contributed by atoms with Gasteiger partial charge in [0.15, 0.2) is 5.60 Å². The second-order valence-electron chi connectivity index (χ2n) is 4.57. The first-order chi connectivity index (χ1) is 9.36. The number of anilines is 1. The Labute approximate surface area is 117 Å². The molecule has 0 aromatic heterocycles. The van der Waals surface area contributed by atoms with Crippen LogP contribution in [0.15, 0.2) is 24.3 Å². The minimum absolute atomic E-state index is 0.387. The number of rotatable bonds is 6. The van der Waals surface area contributed by atoms with Crippen molar-refractivity contribution >= 4 is 17.7 Å². The minimum atomic E-state index is -2.00. The second-order valence-corrected chi connectivity index (χ2v) is 4.57. The molecule has 20 heavy (non-hydrogen) atoms. The first-order valence-electron chi connectivity index (χ1n) is 6.10. The molecule has 1 atom stereocenters. The Bertz CT molecular complexity index is 488. The van der Waals surface area contributed by atoms with Crippen LogP contribution in [-0.2, 0) is 11.3 Å². The Kier molecular flexibility index (Phi) is 5.48. The first kappa shape index (κ1) is 15.9. The zero-order chi connectivity index (χ0) is 15.2. The molecule has 0 fully saturated rings. The van der Waals surface area contributed by atoms with Gasteiger partial charge in [-0.1, -0.05) is 18.2 Å². The van der Waals surface area contributed by atoms with E-state index in [-0.39, 0.29) is 6.54 Å². The highest BCUT2D eigenvalue weighted by Gasteiger charge is 2.30. The molecule has 0 spiro atoms. The first-order valence-corrected chi connectivity index (χ1v) is 6.10. The molecule has 1 aromatic carbocycles. The maximum absolute atomic E-state index is 11.7. The highest BCUT2D eigenvalue weighted by Crippen LogP contribution is 2.14. The molecule has 1 aromatic rings. The van der Waals surface area contributed by atoms with Crippen LogP contribution < -0.4 is 16.0 Å². The number of carboxylic acid groups (broad SMARTS) is 1. The molecule has 0 saturated carbocycles. The Morgan fingerprint density at radius 2 is 1.95 bits per heavy atom. The number of benzene rings is 1. The van der Waals surface area contributed by atoms with E-state index in [0.29, 0.717) is 12.2 Å². The zero-order valence-corrected chi connectivity index (χ0v) is 11.4. The third-order valence-corrected chi connectivity index (χ3v) is 2.69. The molecule has 2 amide bonds. The van der Waals surface area contributed by atoms with Gasteiger partial charge in [0.1, 0.15) is 0 Å². The summed E-state index contributed by atoms with van der Waals surface area (Å²) >= 11 is 0. The number of amides is 2. The average molecular weight is 281 g/mol. The molecule has 1 rings (SSSR count). The number of carboxylic acids is 1. The molecule has 7 nitrogen and oxygen atoms in total. The van der Waals surface area contributed by atoms with Gasteiger partial charge in [0.05, 0.1) is 6.54 Å². The van der Waals surface area contributed by atoms with Crippen molar-refractivity contribution < 1.29 is 19.8 Å². The molecule has 0 aliphatic heterocycles. The van der Waals surface area contributed by atoms with Crippen molar-refractivity contribution in [3.8, 4) is 0 Å². The van der Waals surface area contributed by atoms with E-state index in [2.05, 4.69) is 16.0 Å². The minimum Gasteiger partial charge on any atom is -0.479 e. The van der Waals surface area contributed by atoms with Crippen molar-refractivity contribution in [2.45, 2.75) is 19.1 Å². The summed E-state index contributed by atoms with van der Waals surface area (Å²) in [5.74, 6) is -1.40. The zero-order valence-electron chi connectivity index (χ0n) is 11.4. The summed E-state index contributed by atoms with van der Waals surface area (Å²) in [5, 5.41) is 26.1. The van der Waals surface area contributed by atoms with E-state index in [1.807, 2.05) is 12.1 Å². The van der Waals surface area contributed by atoms with E-state index < -0.39 is 17.6 Å². The third kappa shape index (κ3) is 4.52. The number of aliphatic hydroxyl groups is 1. The van der Waals surface area contributed by atoms with E-state index in [1.54, 1.807) is 19.2 Å². The summed E-state index contributed by atoms with van der Waals surface area (Å²) in [5.41, 5.74) is -0.480. The summed E-state index contributed by atoms with van der Waals surface area (Å²) in [6, 6.07) is 6.66. The monoisotopic (exact) mass is 281 g/mol. The van der Waals surface area contributed by atoms with Crippen LogP contribution in [0.25, 0.3) is 0 Å². The van der Waals surface area contributed by atoms with Gasteiger partial charge in [-0.25, -0.2) is 9.59 Å². The lowest BCUT2D eigenvalue weighted by atomic mass is 10.1. The summed E-state index contributed by atoms with van der Waals surface area (Å²) < 4.78 is 0. The molecule has 1 unspecified atom stereocenters. The lowest BCUT2D eigenvalue weighted by Crippen LogP contribution is -2.47. The van der Waals surface area contributed by atoms with Crippen molar-refractivity contribution in [1.82, 2.24) is 10.6 Å². The highest BCUT2D eigenvalue weighted by atomic mass is 16.4. The number of para-hydroxylation sites is 1. The molecule has 5 N–H and O–H groups in total. The smallest absolute Gasteiger partial charge is 0.337 e. The van der Waals surface area contributed by atoms with Crippen LogP contribution in [0, 0.1) is 0 Å². The molecule has 0 radical (unpaired) electrons. The van der Waals surface area contributed by atoms with Gasteiger partial charge < -0.3 is 26.2 Å². The predicted molar refractivity (Wildman–Crippen MR) is 74.5 cm³/mol. The van der Waals surface area contributed by atoms with Crippen molar-refractivity contribution in [2.75, 3.05) is 18.9 Å². The number of nitrogens with one attached hydrogen (secondary N) is 3. The molecule has 0 saturated heterocycles. The molecule has 0 heterocycles. The fourth-order valence-corrected chi connectivity index (χ4v) is 1.48. The summed E-state index contributed by atoms with van der Waals surface area (Å²) in [7, 11) is 1.79. The number of hydrogen-bond donors (Lipinski definition) is 5. The van der Waals surface area contributed by atoms with E-state index in [0.717, 1.165) is 12.5 Å². The van der Waals surface area contributed by atoms with Crippen LogP contribution in [-0.4, -0.2) is 41.4 Å². The number of carbonyl (C=O) groups excluding carboxylic acids is 1. The molecule has 0 aliphatic carbocycles. The van der Waals surface area contributed by atoms with Crippen LogP contribution in [0.4, 0.5) is 10.5 Å². The van der Waals surface area contributed by atoms with Crippen LogP contribution >= 0.6 is 0 Å². The van der Waals surface area contributed by atoms with Crippen LogP contribution in [0.2, 0.25) is 0 Å². The summed E-state index contributed by atoms with van der Waals surface area (Å²) in [6.45, 7) is 1.32. The van der Waals surface area contributed by atoms with Crippen LogP contribution in [0.3, 0.4) is 0 Å². The van der Waals surface area contributed by atoms with Crippen molar-refractivity contribution in [3.05, 3.63) is 29.8 Å². The standard InChI is InChI=1S/C13H19N3O4/c1-13(20,11(17)18)8-15-12(19)16-10-6-4-3-5-9(10)7-14-2/h3-6,14,20H,7-8H2,1-2H3,(H,17,18)(H2,15,16,19). The molecule has 0 bridgehead atoms. The fraction of sp³-hybridized carbons (Fsp3) is 0.385. The Hall–Kier alpha value is -2.12. The SMILES string of the molecule is CNCc1ccccc1NC(=O)NCC(C)(O)C(=O)O. The van der Waals surface area contributed by atoms with Gasteiger partial charge in [-0.2, -0.15) is 0 Å². The van der Waals surface area contributed by atoms with Gasteiger partial charge in [0, 0.05) is 12.2 Å². The lowest BCUT2D eigenvalue weighted by molar-refractivity contribution is -0.155. The van der Waals surface area contributed by atoms with Gasteiger partial charge in [-0.05, 0) is 25.6 Å². The largest absolute Gasteiger partial charge is 0.479 e. The van der Waals surface area contributed by atoms with E-state index in [1.165, 1.54) is 0 Å². The van der Waals surface area contributed by atoms with Crippen LogP contribution in [0.5, 0.6) is 0 Å². The van der Waals surface area contributed by atoms with Gasteiger partial charge in [-0.3, -0.25) is 0 Å². The van der Waals surface area contributed by atoms with Gasteiger partial charge >= 0.3 is 12.0 Å². The van der Waals surface area contributed by atoms with Crippen molar-refractivity contribution in [2.24, 2.45) is 0 Å². The Morgan fingerprint density at radius 1 is 1.30 bits per heavy atom. The Balaban J connectivity index is 2.61. The summed E-state index contributed by atoms with van der Waals surface area (Å²) in [6.07, 6.45) is 0. The van der Waals surface area contributed by atoms with E-state index >= 15 is 0 Å². The third-order valence-electron chi connectivity index (χ3n) is 2.69. The number of aliphatic carboxylic acids is 1. The second kappa shape index (κ2) is 6.88. The van der Waals surface area contributed by atoms with E-state index in [4.69, 9.17) is 5.11 Å². The lowest BCUT2D eigenvalue weighted by Gasteiger charge is -2.19. The maximum atomic E-state index is 11.7. The number of carbonyl (C=O) groups is 2. The molecular weight excluding hydrogens is 262 g/mol. The van der Waals surface area contributed by atoms with Crippen molar-refractivity contribution in [1.29, 1.82) is 0 Å². The van der Waals surface area contributed by atoms with Gasteiger partial charge in [0.25, 0.3) is 0 Å². The normalized spacial score (nSPS) is 13.3. The predicted octanol–water partition coefficient (Wildman–Crippen LogP) is 0.363. The Morgan fingerprint density at radius 3 is 2.55 bits per heavy atom. The topological polar surface area (TPSA) is 111 Å². The van der Waals surface area contributed by atoms with E-state index in [9.17, 15) is 14.7 Å². The average Bonchev–Trinajstić information content (AvgIpc) is 2.39. The van der Waals surface area contributed by atoms with Crippen LogP contribution in [0.1, 0.15) is 12.5 Å². The fourth-order valence-electron chi connectivity index (χ4n) is 1.48. The maximum Gasteiger partial charge on any atom is 0.337 e. The van der Waals surface area contributed by atoms with Gasteiger partial charge in [-0.15, -0.1) is 0 Å². The molecule has 0 aliphatic rings. The quantitative estimate of drug-likeness (QED) is 0.517. The molecule has 7 heteroatoms. The van der Waals surface area contributed by atoms with Gasteiger partial charge in [0.2, 0.25) is 0 Å². The molecular formula is C13H19N3O4.